The molecule has 31 heavy (non-hydrogen) atoms. The van der Waals surface area contributed by atoms with Crippen molar-refractivity contribution in [1.82, 2.24) is 0 Å². The van der Waals surface area contributed by atoms with Crippen molar-refractivity contribution in [1.29, 1.82) is 0 Å². The minimum atomic E-state index is -1.63. The largest absolute Gasteiger partial charge is 0.387 e. The minimum absolute atomic E-state index is 0.00180. The molecule has 8 atom stereocenters. The van der Waals surface area contributed by atoms with Crippen molar-refractivity contribution in [2.75, 3.05) is 6.61 Å². The normalized spacial score (nSPS) is 53.0. The standard InChI is InChI=1S/C24H28O7/c1-11-13-6-7-14-22-10-29-24(23(14,16(11)26)19(13)30-21(4,5)31-24)18(28)15(22)20(2,3)8-12(9-25)17(22)27/h8-9,13-15,18-19,28H,1,6-7,10H2,2-5H3/t13-,14-,15+,18-,19+,22-,23-,24+/m0/s1. The second-order valence-electron chi connectivity index (χ2n) is 11.3. The molecule has 166 valence electrons. The second kappa shape index (κ2) is 5.28. The molecule has 3 heterocycles. The molecule has 6 fully saturated rings. The van der Waals surface area contributed by atoms with Crippen molar-refractivity contribution in [2.45, 2.75) is 64.3 Å². The number of allylic oxidation sites excluding steroid dienone is 2. The van der Waals surface area contributed by atoms with Gasteiger partial charge in [0.25, 0.3) is 0 Å². The third-order valence-electron chi connectivity index (χ3n) is 9.18. The van der Waals surface area contributed by atoms with E-state index in [1.165, 1.54) is 0 Å². The molecule has 4 aliphatic carbocycles. The van der Waals surface area contributed by atoms with Crippen LogP contribution in [-0.4, -0.2) is 53.3 Å². The molecule has 0 amide bonds. The van der Waals surface area contributed by atoms with Crippen LogP contribution in [0.4, 0.5) is 0 Å². The molecule has 0 aromatic carbocycles. The zero-order chi connectivity index (χ0) is 22.4. The number of ketones is 2. The molecule has 1 N–H and O–H groups in total. The van der Waals surface area contributed by atoms with Gasteiger partial charge in [-0.3, -0.25) is 14.4 Å². The van der Waals surface area contributed by atoms with Gasteiger partial charge in [0.1, 0.15) is 11.5 Å². The summed E-state index contributed by atoms with van der Waals surface area (Å²) in [6, 6.07) is 0. The smallest absolute Gasteiger partial charge is 0.213 e. The van der Waals surface area contributed by atoms with Crippen LogP contribution in [0.3, 0.4) is 0 Å². The van der Waals surface area contributed by atoms with Crippen molar-refractivity contribution in [3.05, 3.63) is 23.8 Å². The number of aliphatic hydroxyl groups excluding tert-OH is 1. The lowest BCUT2D eigenvalue weighted by Crippen LogP contribution is -2.88. The lowest BCUT2D eigenvalue weighted by Gasteiger charge is -2.75. The summed E-state index contributed by atoms with van der Waals surface area (Å²) in [5.41, 5.74) is -2.69. The van der Waals surface area contributed by atoms with Crippen LogP contribution in [0.25, 0.3) is 0 Å². The quantitative estimate of drug-likeness (QED) is 0.386. The van der Waals surface area contributed by atoms with Gasteiger partial charge in [0.05, 0.1) is 23.7 Å². The number of fused-ring (bicyclic) bond motifs is 1. The molecular weight excluding hydrogens is 400 g/mol. The van der Waals surface area contributed by atoms with Gasteiger partial charge in [-0.15, -0.1) is 0 Å². The summed E-state index contributed by atoms with van der Waals surface area (Å²) in [6.45, 7) is 11.5. The Morgan fingerprint density at radius 2 is 1.87 bits per heavy atom. The average Bonchev–Trinajstić information content (AvgIpc) is 2.80. The summed E-state index contributed by atoms with van der Waals surface area (Å²) in [7, 11) is 0. The van der Waals surface area contributed by atoms with E-state index >= 15 is 0 Å². The number of hydrogen-bond acceptors (Lipinski definition) is 7. The summed E-state index contributed by atoms with van der Waals surface area (Å²) in [5.74, 6) is -4.53. The van der Waals surface area contributed by atoms with Crippen LogP contribution in [-0.2, 0) is 28.6 Å². The van der Waals surface area contributed by atoms with Gasteiger partial charge in [-0.25, -0.2) is 0 Å². The van der Waals surface area contributed by atoms with Crippen molar-refractivity contribution in [3.63, 3.8) is 0 Å². The first-order valence-corrected chi connectivity index (χ1v) is 11.1. The highest BCUT2D eigenvalue weighted by molar-refractivity contribution is 6.16. The Morgan fingerprint density at radius 3 is 2.55 bits per heavy atom. The maximum Gasteiger partial charge on any atom is 0.213 e. The van der Waals surface area contributed by atoms with E-state index in [9.17, 15) is 19.5 Å². The molecule has 3 spiro atoms. The van der Waals surface area contributed by atoms with E-state index in [2.05, 4.69) is 6.58 Å². The topological polar surface area (TPSA) is 99.1 Å². The fourth-order valence-electron chi connectivity index (χ4n) is 8.56. The van der Waals surface area contributed by atoms with Crippen molar-refractivity contribution < 1.29 is 33.7 Å². The SMILES string of the molecule is C=C1C(=O)[C@@]23[C@@H]4OC(C)(C)O[C@@]25OC[C@]2(C(=O)C(C=O)=CC(C)(C)[C@H]2[C@@H]5O)[C@@H]3CC[C@@H]14. The molecule has 3 saturated carbocycles. The number of aldehydes is 1. The molecule has 4 bridgehead atoms. The van der Waals surface area contributed by atoms with E-state index in [-0.39, 0.29) is 29.7 Å². The third kappa shape index (κ3) is 1.77. The molecule has 7 heteroatoms. The maximum absolute atomic E-state index is 13.9. The summed E-state index contributed by atoms with van der Waals surface area (Å²) in [5, 5.41) is 11.9. The molecule has 7 nitrogen and oxygen atoms in total. The first kappa shape index (κ1) is 20.0. The van der Waals surface area contributed by atoms with Crippen LogP contribution in [0.2, 0.25) is 0 Å². The monoisotopic (exact) mass is 428 g/mol. The highest BCUT2D eigenvalue weighted by Crippen LogP contribution is 2.78. The van der Waals surface area contributed by atoms with Gasteiger partial charge in [-0.1, -0.05) is 26.5 Å². The number of hydrogen-bond donors (Lipinski definition) is 1. The first-order chi connectivity index (χ1) is 14.4. The predicted octanol–water partition coefficient (Wildman–Crippen LogP) is 1.73. The third-order valence-corrected chi connectivity index (χ3v) is 9.18. The first-order valence-electron chi connectivity index (χ1n) is 11.1. The Bertz CT molecular complexity index is 1010. The van der Waals surface area contributed by atoms with E-state index in [1.807, 2.05) is 13.8 Å². The predicted molar refractivity (Wildman–Crippen MR) is 106 cm³/mol. The Labute approximate surface area is 180 Å². The molecule has 0 radical (unpaired) electrons. The molecule has 7 aliphatic rings. The lowest BCUT2D eigenvalue weighted by atomic mass is 9.36. The highest BCUT2D eigenvalue weighted by Gasteiger charge is 2.90. The van der Waals surface area contributed by atoms with Crippen LogP contribution in [0.15, 0.2) is 23.8 Å². The van der Waals surface area contributed by atoms with E-state index in [0.29, 0.717) is 24.7 Å². The Balaban J connectivity index is 1.71. The highest BCUT2D eigenvalue weighted by atomic mass is 16.8. The van der Waals surface area contributed by atoms with Gasteiger partial charge in [-0.05, 0) is 43.6 Å². The number of ether oxygens (including phenoxy) is 3. The molecule has 3 aliphatic heterocycles. The molecule has 3 saturated heterocycles. The van der Waals surface area contributed by atoms with Gasteiger partial charge >= 0.3 is 0 Å². The molecule has 0 unspecified atom stereocenters. The Hall–Kier alpha value is -1.67. The van der Waals surface area contributed by atoms with Crippen LogP contribution in [0.5, 0.6) is 0 Å². The van der Waals surface area contributed by atoms with Gasteiger partial charge in [0.15, 0.2) is 23.6 Å². The van der Waals surface area contributed by atoms with Crippen molar-refractivity contribution in [2.24, 2.45) is 34.0 Å². The van der Waals surface area contributed by atoms with Crippen LogP contribution >= 0.6 is 0 Å². The molecule has 7 rings (SSSR count). The zero-order valence-electron chi connectivity index (χ0n) is 18.3. The molecular formula is C24H28O7. The van der Waals surface area contributed by atoms with E-state index in [1.54, 1.807) is 19.9 Å². The molecule has 0 aromatic rings. The van der Waals surface area contributed by atoms with Gasteiger partial charge in [0, 0.05) is 11.8 Å². The Kier molecular flexibility index (Phi) is 3.40. The second-order valence-corrected chi connectivity index (χ2v) is 11.3. The number of carbonyl (C=O) groups is 3. The number of carbonyl (C=O) groups excluding carboxylic acids is 3. The lowest BCUT2D eigenvalue weighted by molar-refractivity contribution is -0.521. The van der Waals surface area contributed by atoms with Gasteiger partial charge < -0.3 is 19.3 Å². The Morgan fingerprint density at radius 1 is 1.16 bits per heavy atom. The summed E-state index contributed by atoms with van der Waals surface area (Å²) < 4.78 is 19.1. The van der Waals surface area contributed by atoms with Gasteiger partial charge in [0.2, 0.25) is 5.79 Å². The van der Waals surface area contributed by atoms with Crippen molar-refractivity contribution >= 4 is 17.9 Å². The van der Waals surface area contributed by atoms with E-state index in [0.717, 1.165) is 0 Å². The fourth-order valence-corrected chi connectivity index (χ4v) is 8.56. The number of aliphatic hydroxyl groups is 1. The zero-order valence-corrected chi connectivity index (χ0v) is 18.3. The molecule has 0 aromatic heterocycles. The summed E-state index contributed by atoms with van der Waals surface area (Å²) in [4.78, 5) is 39.7. The van der Waals surface area contributed by atoms with Crippen LogP contribution in [0, 0.1) is 34.0 Å². The summed E-state index contributed by atoms with van der Waals surface area (Å²) >= 11 is 0. The fraction of sp³-hybridized carbons (Fsp3) is 0.708. The van der Waals surface area contributed by atoms with E-state index < -0.39 is 51.9 Å². The van der Waals surface area contributed by atoms with Crippen molar-refractivity contribution in [3.8, 4) is 0 Å². The average molecular weight is 428 g/mol. The minimum Gasteiger partial charge on any atom is -0.387 e. The van der Waals surface area contributed by atoms with Gasteiger partial charge in [-0.2, -0.15) is 0 Å². The van der Waals surface area contributed by atoms with Crippen LogP contribution < -0.4 is 0 Å². The summed E-state index contributed by atoms with van der Waals surface area (Å²) in [6.07, 6.45) is 1.65. The van der Waals surface area contributed by atoms with Crippen LogP contribution in [0.1, 0.15) is 40.5 Å². The number of rotatable bonds is 1. The van der Waals surface area contributed by atoms with E-state index in [4.69, 9.17) is 14.2 Å². The maximum atomic E-state index is 13.9. The number of Topliss-reactive ketones (excluding diaryl/α,β-unsaturated/α-hetero) is 2.